The van der Waals surface area contributed by atoms with Gasteiger partial charge in [0.1, 0.15) is 4.90 Å². The van der Waals surface area contributed by atoms with Gasteiger partial charge < -0.3 is 0 Å². The van der Waals surface area contributed by atoms with Crippen LogP contribution in [-0.2, 0) is 16.6 Å². The first-order valence-corrected chi connectivity index (χ1v) is 11.3. The van der Waals surface area contributed by atoms with Crippen LogP contribution in [0.15, 0.2) is 47.4 Å². The Morgan fingerprint density at radius 1 is 1.07 bits per heavy atom. The zero-order valence-electron chi connectivity index (χ0n) is 15.3. The second-order valence-electron chi connectivity index (χ2n) is 7.09. The maximum Gasteiger partial charge on any atom is 0.242 e. The molecule has 1 heterocycles. The molecule has 1 N–H and O–H groups in total. The fraction of sp³-hybridized carbons (Fsp3) is 0.400. The molecule has 3 rings (SSSR count). The molecule has 0 radical (unpaired) electrons. The maximum atomic E-state index is 12.6. The van der Waals surface area contributed by atoms with Crippen LogP contribution in [0.25, 0.3) is 0 Å². The van der Waals surface area contributed by atoms with Gasteiger partial charge in [0.05, 0.1) is 5.02 Å². The summed E-state index contributed by atoms with van der Waals surface area (Å²) in [5, 5.41) is 0.612. The molecule has 1 aliphatic rings. The van der Waals surface area contributed by atoms with Crippen LogP contribution in [0.4, 0.5) is 0 Å². The molecular formula is C20H24Cl2N2O2S. The number of likely N-dealkylation sites (tertiary alicyclic amines) is 1. The summed E-state index contributed by atoms with van der Waals surface area (Å²) in [6.45, 7) is 5.09. The van der Waals surface area contributed by atoms with Gasteiger partial charge in [0.25, 0.3) is 0 Å². The molecule has 146 valence electrons. The highest BCUT2D eigenvalue weighted by Gasteiger charge is 2.24. The number of nitrogens with one attached hydrogen (secondary N) is 1. The Morgan fingerprint density at radius 3 is 2.41 bits per heavy atom. The predicted molar refractivity (Wildman–Crippen MR) is 111 cm³/mol. The highest BCUT2D eigenvalue weighted by Crippen LogP contribution is 2.28. The molecular weight excluding hydrogens is 403 g/mol. The van der Waals surface area contributed by atoms with Gasteiger partial charge in [-0.25, -0.2) is 13.1 Å². The number of halogens is 2. The summed E-state index contributed by atoms with van der Waals surface area (Å²) in [5.41, 5.74) is 2.00. The molecule has 0 bridgehead atoms. The van der Waals surface area contributed by atoms with E-state index < -0.39 is 10.0 Å². The number of sulfonamides is 1. The minimum absolute atomic E-state index is 0.0904. The molecule has 1 saturated heterocycles. The average molecular weight is 427 g/mol. The number of nitrogens with zero attached hydrogens (tertiary/aromatic N) is 1. The molecule has 1 fully saturated rings. The summed E-state index contributed by atoms with van der Waals surface area (Å²) < 4.78 is 28.0. The quantitative estimate of drug-likeness (QED) is 0.739. The van der Waals surface area contributed by atoms with E-state index >= 15 is 0 Å². The Hall–Kier alpha value is -1.11. The van der Waals surface area contributed by atoms with Crippen molar-refractivity contribution in [2.24, 2.45) is 5.92 Å². The van der Waals surface area contributed by atoms with Gasteiger partial charge in [0.2, 0.25) is 10.0 Å². The number of piperidine rings is 1. The third kappa shape index (κ3) is 5.46. The fourth-order valence-corrected chi connectivity index (χ4v) is 5.28. The topological polar surface area (TPSA) is 49.4 Å². The van der Waals surface area contributed by atoms with Crippen molar-refractivity contribution in [1.29, 1.82) is 0 Å². The summed E-state index contributed by atoms with van der Waals surface area (Å²) in [6.07, 6.45) is 1.95. The Morgan fingerprint density at radius 2 is 1.74 bits per heavy atom. The third-order valence-electron chi connectivity index (χ3n) is 5.02. The van der Waals surface area contributed by atoms with Crippen molar-refractivity contribution >= 4 is 33.2 Å². The van der Waals surface area contributed by atoms with Gasteiger partial charge in [-0.2, -0.15) is 0 Å². The Balaban J connectivity index is 1.53. The molecule has 0 atom stereocenters. The summed E-state index contributed by atoms with van der Waals surface area (Å²) in [4.78, 5) is 2.51. The van der Waals surface area contributed by atoms with Gasteiger partial charge in [0, 0.05) is 18.1 Å². The lowest BCUT2D eigenvalue weighted by atomic mass is 9.97. The number of hydrogen-bond donors (Lipinski definition) is 1. The van der Waals surface area contributed by atoms with E-state index in [-0.39, 0.29) is 9.92 Å². The Bertz CT molecular complexity index is 880. The summed E-state index contributed by atoms with van der Waals surface area (Å²) >= 11 is 12.1. The third-order valence-corrected chi connectivity index (χ3v) is 7.32. The lowest BCUT2D eigenvalue weighted by molar-refractivity contribution is 0.178. The first-order valence-electron chi connectivity index (χ1n) is 9.07. The maximum absolute atomic E-state index is 12.6. The van der Waals surface area contributed by atoms with E-state index in [0.717, 1.165) is 32.5 Å². The largest absolute Gasteiger partial charge is 0.299 e. The number of benzene rings is 2. The van der Waals surface area contributed by atoms with E-state index in [1.807, 2.05) is 6.07 Å². The zero-order valence-corrected chi connectivity index (χ0v) is 17.6. The first kappa shape index (κ1) is 20.6. The molecule has 0 spiro atoms. The molecule has 27 heavy (non-hydrogen) atoms. The van der Waals surface area contributed by atoms with E-state index in [0.29, 0.717) is 23.0 Å². The van der Waals surface area contributed by atoms with Crippen LogP contribution in [0.2, 0.25) is 10.0 Å². The molecule has 7 heteroatoms. The fourth-order valence-electron chi connectivity index (χ4n) is 3.33. The highest BCUT2D eigenvalue weighted by atomic mass is 35.5. The van der Waals surface area contributed by atoms with E-state index in [2.05, 4.69) is 33.9 Å². The lowest BCUT2D eigenvalue weighted by Crippen LogP contribution is -2.38. The normalized spacial score (nSPS) is 16.6. The van der Waals surface area contributed by atoms with Crippen LogP contribution in [0.5, 0.6) is 0 Å². The molecule has 0 unspecified atom stereocenters. The molecule has 0 amide bonds. The van der Waals surface area contributed by atoms with Crippen molar-refractivity contribution in [3.8, 4) is 0 Å². The summed E-state index contributed by atoms with van der Waals surface area (Å²) in [7, 11) is -3.65. The molecule has 1 aliphatic heterocycles. The first-order chi connectivity index (χ1) is 12.8. The van der Waals surface area contributed by atoms with E-state index in [1.54, 1.807) is 6.92 Å². The Kier molecular flexibility index (Phi) is 6.82. The zero-order chi connectivity index (χ0) is 19.4. The summed E-state index contributed by atoms with van der Waals surface area (Å²) in [6, 6.07) is 13.4. The number of hydrogen-bond acceptors (Lipinski definition) is 3. The van der Waals surface area contributed by atoms with Crippen molar-refractivity contribution in [3.05, 3.63) is 63.6 Å². The van der Waals surface area contributed by atoms with E-state index in [9.17, 15) is 8.42 Å². The van der Waals surface area contributed by atoms with E-state index in [4.69, 9.17) is 23.2 Å². The highest BCUT2D eigenvalue weighted by molar-refractivity contribution is 7.89. The van der Waals surface area contributed by atoms with Crippen molar-refractivity contribution in [1.82, 2.24) is 9.62 Å². The van der Waals surface area contributed by atoms with Crippen LogP contribution in [0.1, 0.15) is 24.0 Å². The second-order valence-corrected chi connectivity index (χ2v) is 9.64. The smallest absolute Gasteiger partial charge is 0.242 e. The molecule has 0 saturated carbocycles. The van der Waals surface area contributed by atoms with Crippen LogP contribution < -0.4 is 4.72 Å². The van der Waals surface area contributed by atoms with Crippen molar-refractivity contribution in [2.75, 3.05) is 19.6 Å². The van der Waals surface area contributed by atoms with Crippen LogP contribution in [0, 0.1) is 12.8 Å². The summed E-state index contributed by atoms with van der Waals surface area (Å²) in [5.74, 6) is 0.332. The number of rotatable bonds is 6. The second kappa shape index (κ2) is 8.93. The SMILES string of the molecule is Cc1cc(S(=O)(=O)NCC2CCN(Cc3ccccc3)CC2)c(Cl)cc1Cl. The standard InChI is InChI=1S/C20H24Cl2N2O2S/c1-15-11-20(19(22)12-18(15)21)27(25,26)23-13-16-7-9-24(10-8-16)14-17-5-3-2-4-6-17/h2-6,11-12,16,23H,7-10,13-14H2,1H3. The lowest BCUT2D eigenvalue weighted by Gasteiger charge is -2.32. The van der Waals surface area contributed by atoms with Crippen LogP contribution in [0.3, 0.4) is 0 Å². The average Bonchev–Trinajstić information content (AvgIpc) is 2.65. The van der Waals surface area contributed by atoms with Gasteiger partial charge in [-0.15, -0.1) is 0 Å². The molecule has 4 nitrogen and oxygen atoms in total. The van der Waals surface area contributed by atoms with Gasteiger partial charge in [-0.3, -0.25) is 4.90 Å². The van der Waals surface area contributed by atoms with Gasteiger partial charge >= 0.3 is 0 Å². The number of aryl methyl sites for hydroxylation is 1. The molecule has 0 aromatic heterocycles. The molecule has 2 aromatic carbocycles. The minimum atomic E-state index is -3.65. The molecule has 0 aliphatic carbocycles. The minimum Gasteiger partial charge on any atom is -0.299 e. The van der Waals surface area contributed by atoms with Crippen LogP contribution in [-0.4, -0.2) is 33.0 Å². The monoisotopic (exact) mass is 426 g/mol. The predicted octanol–water partition coefficient (Wildman–Crippen LogP) is 4.49. The van der Waals surface area contributed by atoms with Gasteiger partial charge in [-0.1, -0.05) is 53.5 Å². The van der Waals surface area contributed by atoms with Crippen molar-refractivity contribution < 1.29 is 8.42 Å². The molecule has 2 aromatic rings. The van der Waals surface area contributed by atoms with E-state index in [1.165, 1.54) is 17.7 Å². The van der Waals surface area contributed by atoms with Gasteiger partial charge in [0.15, 0.2) is 0 Å². The van der Waals surface area contributed by atoms with Crippen LogP contribution >= 0.6 is 23.2 Å². The van der Waals surface area contributed by atoms with Crippen molar-refractivity contribution in [2.45, 2.75) is 31.2 Å². The van der Waals surface area contributed by atoms with Gasteiger partial charge in [-0.05, 0) is 62.0 Å². The van der Waals surface area contributed by atoms with Crippen molar-refractivity contribution in [3.63, 3.8) is 0 Å². The Labute approximate surface area is 171 Å².